The van der Waals surface area contributed by atoms with Crippen molar-refractivity contribution in [3.63, 3.8) is 0 Å². The average Bonchev–Trinajstić information content (AvgIpc) is 2.77. The molecule has 11 heteroatoms. The quantitative estimate of drug-likeness (QED) is 0.439. The van der Waals surface area contributed by atoms with Gasteiger partial charge in [-0.1, -0.05) is 53.9 Å². The Morgan fingerprint density at radius 2 is 1.66 bits per heavy atom. The molecule has 0 unspecified atom stereocenters. The van der Waals surface area contributed by atoms with E-state index in [9.17, 15) is 18.0 Å². The second kappa shape index (κ2) is 12.3. The molecule has 0 radical (unpaired) electrons. The molecule has 0 spiro atoms. The summed E-state index contributed by atoms with van der Waals surface area (Å²) in [7, 11) is -3.87. The fourth-order valence-corrected chi connectivity index (χ4v) is 4.93. The van der Waals surface area contributed by atoms with E-state index in [0.717, 1.165) is 10.6 Å². The van der Waals surface area contributed by atoms with Gasteiger partial charge in [0, 0.05) is 33.2 Å². The summed E-state index contributed by atoms with van der Waals surface area (Å²) in [6, 6.07) is 8.70. The minimum Gasteiger partial charge on any atom is -0.352 e. The molecule has 0 aromatic heterocycles. The zero-order chi connectivity index (χ0) is 26.5. The average molecular weight is 563 g/mol. The molecule has 2 atom stereocenters. The van der Waals surface area contributed by atoms with Crippen molar-refractivity contribution >= 4 is 62.3 Å². The van der Waals surface area contributed by atoms with Crippen LogP contribution in [-0.2, 0) is 26.2 Å². The number of carbonyl (C=O) groups is 2. The summed E-state index contributed by atoms with van der Waals surface area (Å²) < 4.78 is 26.4. The number of rotatable bonds is 10. The standard InChI is InChI=1S/C24H30Cl3N3O4S/c1-6-16(3)28-24(32)17(4)29(13-19-20(26)8-7-9-21(19)27)23(31)14-30(35(5,33)34)22-12-18(25)11-10-15(22)2/h7-12,16-17H,6,13-14H2,1-5H3,(H,28,32)/t16-,17-/m1/s1. The highest BCUT2D eigenvalue weighted by Gasteiger charge is 2.31. The molecule has 0 heterocycles. The summed E-state index contributed by atoms with van der Waals surface area (Å²) in [6.45, 7) is 6.46. The van der Waals surface area contributed by atoms with Crippen molar-refractivity contribution in [1.29, 1.82) is 0 Å². The van der Waals surface area contributed by atoms with Crippen LogP contribution >= 0.6 is 34.8 Å². The minimum atomic E-state index is -3.87. The Hall–Kier alpha value is -2.00. The van der Waals surface area contributed by atoms with Crippen molar-refractivity contribution in [1.82, 2.24) is 10.2 Å². The van der Waals surface area contributed by atoms with Gasteiger partial charge in [-0.2, -0.15) is 0 Å². The second-order valence-electron chi connectivity index (χ2n) is 8.42. The van der Waals surface area contributed by atoms with Crippen molar-refractivity contribution in [3.8, 4) is 0 Å². The van der Waals surface area contributed by atoms with E-state index in [1.807, 2.05) is 13.8 Å². The van der Waals surface area contributed by atoms with Crippen molar-refractivity contribution in [2.75, 3.05) is 17.1 Å². The molecule has 35 heavy (non-hydrogen) atoms. The predicted octanol–water partition coefficient (Wildman–Crippen LogP) is 5.05. The molecule has 0 aliphatic rings. The molecule has 1 N–H and O–H groups in total. The molecule has 2 rings (SSSR count). The predicted molar refractivity (Wildman–Crippen MR) is 143 cm³/mol. The summed E-state index contributed by atoms with van der Waals surface area (Å²) in [5.74, 6) is -0.974. The maximum Gasteiger partial charge on any atom is 0.244 e. The first-order valence-corrected chi connectivity index (χ1v) is 14.0. The van der Waals surface area contributed by atoms with Crippen molar-refractivity contribution in [2.24, 2.45) is 0 Å². The van der Waals surface area contributed by atoms with Crippen LogP contribution in [0, 0.1) is 6.92 Å². The fourth-order valence-electron chi connectivity index (χ4n) is 3.35. The summed E-state index contributed by atoms with van der Waals surface area (Å²) in [5, 5.41) is 3.85. The zero-order valence-corrected chi connectivity index (χ0v) is 23.4. The van der Waals surface area contributed by atoms with E-state index in [1.165, 1.54) is 11.0 Å². The van der Waals surface area contributed by atoms with E-state index in [0.29, 0.717) is 32.6 Å². The van der Waals surface area contributed by atoms with Gasteiger partial charge in [-0.15, -0.1) is 0 Å². The number of nitrogens with one attached hydrogen (secondary N) is 1. The molecule has 2 aromatic carbocycles. The number of anilines is 1. The largest absolute Gasteiger partial charge is 0.352 e. The molecule has 0 fully saturated rings. The Balaban J connectivity index is 2.49. The van der Waals surface area contributed by atoms with E-state index in [-0.39, 0.29) is 24.2 Å². The highest BCUT2D eigenvalue weighted by atomic mass is 35.5. The molecule has 0 aliphatic carbocycles. The number of hydrogen-bond donors (Lipinski definition) is 1. The molecule has 7 nitrogen and oxygen atoms in total. The number of sulfonamides is 1. The molecule has 2 aromatic rings. The lowest BCUT2D eigenvalue weighted by atomic mass is 10.1. The fraction of sp³-hybridized carbons (Fsp3) is 0.417. The van der Waals surface area contributed by atoms with Gasteiger partial charge in [-0.05, 0) is 57.0 Å². The second-order valence-corrected chi connectivity index (χ2v) is 11.6. The van der Waals surface area contributed by atoms with Gasteiger partial charge >= 0.3 is 0 Å². The van der Waals surface area contributed by atoms with Crippen LogP contribution in [-0.4, -0.2) is 50.0 Å². The van der Waals surface area contributed by atoms with Gasteiger partial charge in [0.2, 0.25) is 21.8 Å². The van der Waals surface area contributed by atoms with Crippen LogP contribution in [0.25, 0.3) is 0 Å². The summed E-state index contributed by atoms with van der Waals surface area (Å²) in [5.41, 5.74) is 1.36. The summed E-state index contributed by atoms with van der Waals surface area (Å²) in [4.78, 5) is 27.8. The Kier molecular flexibility index (Phi) is 10.3. The Labute approximate surface area is 222 Å². The first-order valence-electron chi connectivity index (χ1n) is 11.0. The van der Waals surface area contributed by atoms with Gasteiger partial charge in [0.05, 0.1) is 11.9 Å². The first-order chi connectivity index (χ1) is 16.3. The van der Waals surface area contributed by atoms with Gasteiger partial charge in [0.15, 0.2) is 0 Å². The molecule has 192 valence electrons. The molecular formula is C24H30Cl3N3O4S. The smallest absolute Gasteiger partial charge is 0.244 e. The van der Waals surface area contributed by atoms with Crippen LogP contribution in [0.1, 0.15) is 38.3 Å². The topological polar surface area (TPSA) is 86.8 Å². The van der Waals surface area contributed by atoms with Crippen LogP contribution in [0.15, 0.2) is 36.4 Å². The number of carbonyl (C=O) groups excluding carboxylic acids is 2. The minimum absolute atomic E-state index is 0.0848. The Morgan fingerprint density at radius 1 is 1.06 bits per heavy atom. The van der Waals surface area contributed by atoms with Crippen molar-refractivity contribution in [2.45, 2.75) is 52.7 Å². The highest BCUT2D eigenvalue weighted by molar-refractivity contribution is 7.92. The van der Waals surface area contributed by atoms with E-state index in [4.69, 9.17) is 34.8 Å². The molecule has 2 amide bonds. The lowest BCUT2D eigenvalue weighted by Gasteiger charge is -2.32. The Morgan fingerprint density at radius 3 is 2.20 bits per heavy atom. The lowest BCUT2D eigenvalue weighted by Crippen LogP contribution is -2.52. The molecule has 0 aliphatic heterocycles. The highest BCUT2D eigenvalue weighted by Crippen LogP contribution is 2.29. The van der Waals surface area contributed by atoms with Crippen LogP contribution in [0.3, 0.4) is 0 Å². The van der Waals surface area contributed by atoms with Gasteiger partial charge in [-0.25, -0.2) is 8.42 Å². The summed E-state index contributed by atoms with van der Waals surface area (Å²) >= 11 is 18.8. The third-order valence-electron chi connectivity index (χ3n) is 5.68. The van der Waals surface area contributed by atoms with Crippen LogP contribution in [0.4, 0.5) is 5.69 Å². The molecular weight excluding hydrogens is 533 g/mol. The van der Waals surface area contributed by atoms with E-state index in [1.54, 1.807) is 44.2 Å². The monoisotopic (exact) mass is 561 g/mol. The third kappa shape index (κ3) is 7.74. The maximum atomic E-state index is 13.6. The SMILES string of the molecule is CC[C@@H](C)NC(=O)[C@@H](C)N(Cc1c(Cl)cccc1Cl)C(=O)CN(c1cc(Cl)ccc1C)S(C)(=O)=O. The molecule has 0 bridgehead atoms. The number of nitrogens with zero attached hydrogens (tertiary/aromatic N) is 2. The van der Waals surface area contributed by atoms with E-state index in [2.05, 4.69) is 5.32 Å². The van der Waals surface area contributed by atoms with Gasteiger partial charge < -0.3 is 10.2 Å². The number of benzene rings is 2. The first kappa shape index (κ1) is 29.2. The molecule has 0 saturated carbocycles. The number of aryl methyl sites for hydroxylation is 1. The zero-order valence-electron chi connectivity index (χ0n) is 20.3. The van der Waals surface area contributed by atoms with Gasteiger partial charge in [0.25, 0.3) is 0 Å². The van der Waals surface area contributed by atoms with Crippen molar-refractivity contribution in [3.05, 3.63) is 62.6 Å². The van der Waals surface area contributed by atoms with Crippen molar-refractivity contribution < 1.29 is 18.0 Å². The number of amides is 2. The van der Waals surface area contributed by atoms with E-state index < -0.39 is 28.5 Å². The Bertz CT molecular complexity index is 1170. The molecule has 0 saturated heterocycles. The van der Waals surface area contributed by atoms with Crippen LogP contribution < -0.4 is 9.62 Å². The summed E-state index contributed by atoms with van der Waals surface area (Å²) in [6.07, 6.45) is 1.72. The number of halogens is 3. The van der Waals surface area contributed by atoms with Gasteiger partial charge in [-0.3, -0.25) is 13.9 Å². The third-order valence-corrected chi connectivity index (χ3v) is 7.75. The maximum absolute atomic E-state index is 13.6. The number of hydrogen-bond acceptors (Lipinski definition) is 4. The van der Waals surface area contributed by atoms with Crippen LogP contribution in [0.5, 0.6) is 0 Å². The van der Waals surface area contributed by atoms with Gasteiger partial charge in [0.1, 0.15) is 12.6 Å². The van der Waals surface area contributed by atoms with Crippen LogP contribution in [0.2, 0.25) is 15.1 Å². The van der Waals surface area contributed by atoms with E-state index >= 15 is 0 Å². The lowest BCUT2D eigenvalue weighted by molar-refractivity contribution is -0.139. The normalized spacial score (nSPS) is 13.1.